The third kappa shape index (κ3) is 3.61. The van der Waals surface area contributed by atoms with Gasteiger partial charge in [-0.3, -0.25) is 4.79 Å². The van der Waals surface area contributed by atoms with Gasteiger partial charge in [0.1, 0.15) is 6.10 Å². The van der Waals surface area contributed by atoms with Crippen molar-refractivity contribution < 1.29 is 19.0 Å². The lowest BCUT2D eigenvalue weighted by Gasteiger charge is -2.16. The minimum absolute atomic E-state index is 0.0165. The Kier molecular flexibility index (Phi) is 4.50. The summed E-state index contributed by atoms with van der Waals surface area (Å²) in [6.07, 6.45) is 3.57. The molecule has 2 atom stereocenters. The predicted octanol–water partition coefficient (Wildman–Crippen LogP) is 2.04. The zero-order valence-electron chi connectivity index (χ0n) is 10.2. The minimum Gasteiger partial charge on any atom is -0.469 e. The third-order valence-electron chi connectivity index (χ3n) is 2.55. The second-order valence-electron chi connectivity index (χ2n) is 4.34. The van der Waals surface area contributed by atoms with Crippen molar-refractivity contribution in [2.75, 3.05) is 7.11 Å². The molecule has 0 saturated carbocycles. The summed E-state index contributed by atoms with van der Waals surface area (Å²) in [5, 5.41) is 0. The summed E-state index contributed by atoms with van der Waals surface area (Å²) in [7, 11) is 1.40. The van der Waals surface area contributed by atoms with Crippen LogP contribution in [0.1, 0.15) is 33.1 Å². The van der Waals surface area contributed by atoms with Crippen molar-refractivity contribution in [3.05, 3.63) is 12.7 Å². The first-order chi connectivity index (χ1) is 7.48. The summed E-state index contributed by atoms with van der Waals surface area (Å²) in [5.74, 6) is -0.747. The SMILES string of the molecule is C=CC1OC(C)(C)OC1CCCC(=O)OC. The van der Waals surface area contributed by atoms with Gasteiger partial charge in [-0.15, -0.1) is 6.58 Å². The van der Waals surface area contributed by atoms with Crippen LogP contribution in [-0.2, 0) is 19.0 Å². The lowest BCUT2D eigenvalue weighted by atomic mass is 10.1. The summed E-state index contributed by atoms with van der Waals surface area (Å²) in [6, 6.07) is 0. The number of esters is 1. The molecule has 0 N–H and O–H groups in total. The van der Waals surface area contributed by atoms with Gasteiger partial charge in [0.05, 0.1) is 13.2 Å². The van der Waals surface area contributed by atoms with Crippen molar-refractivity contribution in [2.45, 2.75) is 51.1 Å². The van der Waals surface area contributed by atoms with Gasteiger partial charge in [0.25, 0.3) is 0 Å². The first-order valence-electron chi connectivity index (χ1n) is 5.53. The molecular formula is C12H20O4. The maximum atomic E-state index is 10.9. The van der Waals surface area contributed by atoms with E-state index < -0.39 is 5.79 Å². The van der Waals surface area contributed by atoms with Crippen LogP contribution < -0.4 is 0 Å². The molecule has 1 aliphatic heterocycles. The van der Waals surface area contributed by atoms with Crippen molar-refractivity contribution in [1.29, 1.82) is 0 Å². The molecule has 1 fully saturated rings. The summed E-state index contributed by atoms with van der Waals surface area (Å²) in [5.41, 5.74) is 0. The molecule has 0 aromatic carbocycles. The second-order valence-corrected chi connectivity index (χ2v) is 4.34. The van der Waals surface area contributed by atoms with Gasteiger partial charge in [-0.1, -0.05) is 6.08 Å². The Morgan fingerprint density at radius 3 is 2.75 bits per heavy atom. The van der Waals surface area contributed by atoms with Crippen LogP contribution in [0.25, 0.3) is 0 Å². The van der Waals surface area contributed by atoms with Crippen molar-refractivity contribution in [2.24, 2.45) is 0 Å². The highest BCUT2D eigenvalue weighted by molar-refractivity contribution is 5.68. The largest absolute Gasteiger partial charge is 0.469 e. The van der Waals surface area contributed by atoms with E-state index >= 15 is 0 Å². The van der Waals surface area contributed by atoms with Gasteiger partial charge in [-0.25, -0.2) is 0 Å². The lowest BCUT2D eigenvalue weighted by molar-refractivity contribution is -0.144. The Labute approximate surface area is 96.6 Å². The first kappa shape index (κ1) is 13.2. The maximum Gasteiger partial charge on any atom is 0.305 e. The van der Waals surface area contributed by atoms with Crippen LogP contribution in [0.4, 0.5) is 0 Å². The Hall–Kier alpha value is -0.870. The maximum absolute atomic E-state index is 10.9. The quantitative estimate of drug-likeness (QED) is 0.533. The summed E-state index contributed by atoms with van der Waals surface area (Å²) < 4.78 is 15.9. The summed E-state index contributed by atoms with van der Waals surface area (Å²) >= 11 is 0. The monoisotopic (exact) mass is 228 g/mol. The molecular weight excluding hydrogens is 208 g/mol. The molecule has 0 aliphatic carbocycles. The average molecular weight is 228 g/mol. The molecule has 16 heavy (non-hydrogen) atoms. The Balaban J connectivity index is 2.36. The Bertz CT molecular complexity index is 260. The fraction of sp³-hybridized carbons (Fsp3) is 0.750. The number of hydrogen-bond donors (Lipinski definition) is 0. The van der Waals surface area contributed by atoms with Crippen molar-refractivity contribution in [3.63, 3.8) is 0 Å². The van der Waals surface area contributed by atoms with E-state index in [4.69, 9.17) is 9.47 Å². The van der Waals surface area contributed by atoms with E-state index in [1.165, 1.54) is 7.11 Å². The second kappa shape index (κ2) is 5.46. The van der Waals surface area contributed by atoms with E-state index in [0.717, 1.165) is 12.8 Å². The number of carbonyl (C=O) groups excluding carboxylic acids is 1. The standard InChI is InChI=1S/C12H20O4/c1-5-9-10(16-12(2,3)15-9)7-6-8-11(13)14-4/h5,9-10H,1,6-8H2,2-4H3. The van der Waals surface area contributed by atoms with Crippen molar-refractivity contribution in [3.8, 4) is 0 Å². The van der Waals surface area contributed by atoms with Crippen molar-refractivity contribution >= 4 is 5.97 Å². The van der Waals surface area contributed by atoms with Crippen LogP contribution in [0.15, 0.2) is 12.7 Å². The third-order valence-corrected chi connectivity index (χ3v) is 2.55. The molecule has 4 nitrogen and oxygen atoms in total. The van der Waals surface area contributed by atoms with Gasteiger partial charge in [-0.2, -0.15) is 0 Å². The summed E-state index contributed by atoms with van der Waals surface area (Å²) in [4.78, 5) is 10.9. The number of carbonyl (C=O) groups is 1. The van der Waals surface area contributed by atoms with Crippen LogP contribution >= 0.6 is 0 Å². The molecule has 4 heteroatoms. The van der Waals surface area contributed by atoms with Crippen molar-refractivity contribution in [1.82, 2.24) is 0 Å². The number of ether oxygens (including phenoxy) is 3. The van der Waals surface area contributed by atoms with E-state index in [1.54, 1.807) is 6.08 Å². The highest BCUT2D eigenvalue weighted by Crippen LogP contribution is 2.31. The van der Waals surface area contributed by atoms with Crippen LogP contribution in [0, 0.1) is 0 Å². The predicted molar refractivity (Wildman–Crippen MR) is 59.9 cm³/mol. The van der Waals surface area contributed by atoms with E-state index in [9.17, 15) is 4.79 Å². The summed E-state index contributed by atoms with van der Waals surface area (Å²) in [6.45, 7) is 7.48. The Morgan fingerprint density at radius 2 is 2.19 bits per heavy atom. The molecule has 0 amide bonds. The van der Waals surface area contributed by atoms with E-state index in [1.807, 2.05) is 13.8 Å². The molecule has 0 aromatic rings. The number of rotatable bonds is 5. The molecule has 2 unspecified atom stereocenters. The zero-order valence-corrected chi connectivity index (χ0v) is 10.2. The van der Waals surface area contributed by atoms with Crippen LogP contribution in [0.2, 0.25) is 0 Å². The van der Waals surface area contributed by atoms with Gasteiger partial charge >= 0.3 is 5.97 Å². The molecule has 1 aliphatic rings. The van der Waals surface area contributed by atoms with Gasteiger partial charge in [0.2, 0.25) is 0 Å². The average Bonchev–Trinajstić information content (AvgIpc) is 2.53. The highest BCUT2D eigenvalue weighted by Gasteiger charge is 2.39. The fourth-order valence-electron chi connectivity index (χ4n) is 1.84. The molecule has 0 bridgehead atoms. The van der Waals surface area contributed by atoms with Gasteiger partial charge < -0.3 is 14.2 Å². The molecule has 0 spiro atoms. The first-order valence-corrected chi connectivity index (χ1v) is 5.53. The van der Waals surface area contributed by atoms with Gasteiger partial charge in [0.15, 0.2) is 5.79 Å². The molecule has 1 heterocycles. The molecule has 92 valence electrons. The lowest BCUT2D eigenvalue weighted by Crippen LogP contribution is -2.21. The fourth-order valence-corrected chi connectivity index (χ4v) is 1.84. The van der Waals surface area contributed by atoms with Gasteiger partial charge in [0, 0.05) is 6.42 Å². The van der Waals surface area contributed by atoms with E-state index in [-0.39, 0.29) is 18.2 Å². The van der Waals surface area contributed by atoms with Crippen LogP contribution in [-0.4, -0.2) is 31.1 Å². The zero-order chi connectivity index (χ0) is 12.2. The molecule has 0 radical (unpaired) electrons. The minimum atomic E-state index is -0.561. The Morgan fingerprint density at radius 1 is 1.50 bits per heavy atom. The normalized spacial score (nSPS) is 27.7. The van der Waals surface area contributed by atoms with E-state index in [0.29, 0.717) is 6.42 Å². The molecule has 1 rings (SSSR count). The molecule has 1 saturated heterocycles. The smallest absolute Gasteiger partial charge is 0.305 e. The van der Waals surface area contributed by atoms with Gasteiger partial charge in [-0.05, 0) is 26.7 Å². The molecule has 0 aromatic heterocycles. The van der Waals surface area contributed by atoms with Crippen LogP contribution in [0.3, 0.4) is 0 Å². The highest BCUT2D eigenvalue weighted by atomic mass is 16.7. The number of methoxy groups -OCH3 is 1. The van der Waals surface area contributed by atoms with E-state index in [2.05, 4.69) is 11.3 Å². The number of hydrogen-bond acceptors (Lipinski definition) is 4. The van der Waals surface area contributed by atoms with Crippen LogP contribution in [0.5, 0.6) is 0 Å². The topological polar surface area (TPSA) is 44.8 Å².